The molecular formula is C17H15ClFNOS. The Morgan fingerprint density at radius 2 is 1.91 bits per heavy atom. The molecule has 1 atom stereocenters. The zero-order valence-corrected chi connectivity index (χ0v) is 13.5. The SMILES string of the molecule is CC(NCc1ccc(-c2ccc(F)cc2)o1)c1ccc(Cl)s1. The van der Waals surface area contributed by atoms with Gasteiger partial charge in [-0.2, -0.15) is 0 Å². The van der Waals surface area contributed by atoms with E-state index in [0.29, 0.717) is 6.54 Å². The van der Waals surface area contributed by atoms with Gasteiger partial charge in [-0.1, -0.05) is 11.6 Å². The molecule has 0 bridgehead atoms. The van der Waals surface area contributed by atoms with E-state index in [1.807, 2.05) is 24.3 Å². The molecular weight excluding hydrogens is 321 g/mol. The highest BCUT2D eigenvalue weighted by Gasteiger charge is 2.10. The van der Waals surface area contributed by atoms with Crippen LogP contribution in [0.2, 0.25) is 4.34 Å². The second-order valence-electron chi connectivity index (χ2n) is 5.02. The topological polar surface area (TPSA) is 25.2 Å². The van der Waals surface area contributed by atoms with Crippen molar-refractivity contribution < 1.29 is 8.81 Å². The van der Waals surface area contributed by atoms with E-state index >= 15 is 0 Å². The van der Waals surface area contributed by atoms with E-state index in [9.17, 15) is 4.39 Å². The molecule has 5 heteroatoms. The Balaban J connectivity index is 1.63. The summed E-state index contributed by atoms with van der Waals surface area (Å²) in [6.45, 7) is 2.71. The number of furan rings is 1. The third-order valence-electron chi connectivity index (χ3n) is 3.39. The van der Waals surface area contributed by atoms with Crippen LogP contribution in [0.5, 0.6) is 0 Å². The molecule has 2 heterocycles. The highest BCUT2D eigenvalue weighted by Crippen LogP contribution is 2.27. The average molecular weight is 336 g/mol. The summed E-state index contributed by atoms with van der Waals surface area (Å²) < 4.78 is 19.5. The summed E-state index contributed by atoms with van der Waals surface area (Å²) in [5, 5.41) is 3.40. The molecule has 3 aromatic rings. The third kappa shape index (κ3) is 3.58. The third-order valence-corrected chi connectivity index (χ3v) is 4.81. The van der Waals surface area contributed by atoms with Gasteiger partial charge in [-0.3, -0.25) is 0 Å². The summed E-state index contributed by atoms with van der Waals surface area (Å²) in [5.41, 5.74) is 0.866. The minimum Gasteiger partial charge on any atom is -0.460 e. The van der Waals surface area contributed by atoms with E-state index < -0.39 is 0 Å². The molecule has 22 heavy (non-hydrogen) atoms. The predicted octanol–water partition coefficient (Wildman–Crippen LogP) is 5.65. The van der Waals surface area contributed by atoms with Crippen molar-refractivity contribution in [3.8, 4) is 11.3 Å². The maximum atomic E-state index is 12.9. The van der Waals surface area contributed by atoms with Gasteiger partial charge in [0.25, 0.3) is 0 Å². The standard InChI is InChI=1S/C17H15ClFNOS/c1-11(16-8-9-17(18)22-16)20-10-14-6-7-15(21-14)12-2-4-13(19)5-3-12/h2-9,11,20H,10H2,1H3. The van der Waals surface area contributed by atoms with Crippen LogP contribution in [-0.2, 0) is 6.54 Å². The van der Waals surface area contributed by atoms with E-state index in [1.165, 1.54) is 17.0 Å². The second-order valence-corrected chi connectivity index (χ2v) is 6.76. The number of halogens is 2. The van der Waals surface area contributed by atoms with Crippen LogP contribution in [0.3, 0.4) is 0 Å². The fraction of sp³-hybridized carbons (Fsp3) is 0.176. The molecule has 1 unspecified atom stereocenters. The van der Waals surface area contributed by atoms with Crippen molar-refractivity contribution in [2.45, 2.75) is 19.5 Å². The Morgan fingerprint density at radius 1 is 1.14 bits per heavy atom. The fourth-order valence-electron chi connectivity index (χ4n) is 2.16. The Morgan fingerprint density at radius 3 is 2.59 bits per heavy atom. The van der Waals surface area contributed by atoms with Crippen LogP contribution in [-0.4, -0.2) is 0 Å². The number of thiophene rings is 1. The lowest BCUT2D eigenvalue weighted by molar-refractivity contribution is 0.470. The van der Waals surface area contributed by atoms with Gasteiger partial charge in [-0.15, -0.1) is 11.3 Å². The number of hydrogen-bond acceptors (Lipinski definition) is 3. The molecule has 0 aliphatic carbocycles. The van der Waals surface area contributed by atoms with Crippen LogP contribution in [0.15, 0.2) is 52.9 Å². The number of hydrogen-bond donors (Lipinski definition) is 1. The van der Waals surface area contributed by atoms with Gasteiger partial charge in [-0.05, 0) is 55.5 Å². The first-order valence-corrected chi connectivity index (χ1v) is 8.14. The Labute approximate surface area is 137 Å². The van der Waals surface area contributed by atoms with E-state index in [-0.39, 0.29) is 11.9 Å². The summed E-state index contributed by atoms with van der Waals surface area (Å²) in [6, 6.07) is 14.2. The summed E-state index contributed by atoms with van der Waals surface area (Å²) in [4.78, 5) is 1.19. The van der Waals surface area contributed by atoms with Crippen LogP contribution in [0, 0.1) is 5.82 Å². The maximum absolute atomic E-state index is 12.9. The largest absolute Gasteiger partial charge is 0.460 e. The summed E-state index contributed by atoms with van der Waals surface area (Å²) >= 11 is 7.52. The fourth-order valence-corrected chi connectivity index (χ4v) is 3.25. The molecule has 0 saturated carbocycles. The quantitative estimate of drug-likeness (QED) is 0.651. The molecule has 0 amide bonds. The lowest BCUT2D eigenvalue weighted by atomic mass is 10.2. The first kappa shape index (κ1) is 15.3. The van der Waals surface area contributed by atoms with Crippen LogP contribution < -0.4 is 5.32 Å². The van der Waals surface area contributed by atoms with Gasteiger partial charge in [-0.25, -0.2) is 4.39 Å². The Kier molecular flexibility index (Phi) is 4.62. The summed E-state index contributed by atoms with van der Waals surface area (Å²) in [5.74, 6) is 1.33. The molecule has 1 aromatic carbocycles. The number of benzene rings is 1. The lowest BCUT2D eigenvalue weighted by Crippen LogP contribution is -2.16. The van der Waals surface area contributed by atoms with Gasteiger partial charge in [0, 0.05) is 16.5 Å². The maximum Gasteiger partial charge on any atom is 0.134 e. The molecule has 3 rings (SSSR count). The minimum absolute atomic E-state index is 0.205. The molecule has 0 spiro atoms. The second kappa shape index (κ2) is 6.65. The summed E-state index contributed by atoms with van der Waals surface area (Å²) in [6.07, 6.45) is 0. The first-order chi connectivity index (χ1) is 10.6. The van der Waals surface area contributed by atoms with Crippen molar-refractivity contribution >= 4 is 22.9 Å². The van der Waals surface area contributed by atoms with Crippen molar-refractivity contribution in [3.63, 3.8) is 0 Å². The number of rotatable bonds is 5. The van der Waals surface area contributed by atoms with E-state index in [4.69, 9.17) is 16.0 Å². The lowest BCUT2D eigenvalue weighted by Gasteiger charge is -2.10. The molecule has 0 aliphatic heterocycles. The van der Waals surface area contributed by atoms with Gasteiger partial charge < -0.3 is 9.73 Å². The van der Waals surface area contributed by atoms with Crippen molar-refractivity contribution in [1.29, 1.82) is 0 Å². The normalized spacial score (nSPS) is 12.5. The van der Waals surface area contributed by atoms with Crippen molar-refractivity contribution in [2.75, 3.05) is 0 Å². The van der Waals surface area contributed by atoms with Gasteiger partial charge in [0.15, 0.2) is 0 Å². The molecule has 2 aromatic heterocycles. The molecule has 2 nitrogen and oxygen atoms in total. The number of nitrogens with one attached hydrogen (secondary N) is 1. The zero-order chi connectivity index (χ0) is 15.5. The molecule has 0 aliphatic rings. The van der Waals surface area contributed by atoms with Gasteiger partial charge in [0.2, 0.25) is 0 Å². The van der Waals surface area contributed by atoms with Crippen LogP contribution in [0.1, 0.15) is 23.6 Å². The Hall–Kier alpha value is -1.62. The highest BCUT2D eigenvalue weighted by molar-refractivity contribution is 7.16. The highest BCUT2D eigenvalue weighted by atomic mass is 35.5. The average Bonchev–Trinajstić information content (AvgIpc) is 3.15. The van der Waals surface area contributed by atoms with Gasteiger partial charge in [0.1, 0.15) is 17.3 Å². The monoisotopic (exact) mass is 335 g/mol. The molecule has 1 N–H and O–H groups in total. The molecule has 0 saturated heterocycles. The predicted molar refractivity (Wildman–Crippen MR) is 88.7 cm³/mol. The molecule has 0 radical (unpaired) electrons. The van der Waals surface area contributed by atoms with Gasteiger partial charge >= 0.3 is 0 Å². The van der Waals surface area contributed by atoms with Crippen molar-refractivity contribution in [1.82, 2.24) is 5.32 Å². The first-order valence-electron chi connectivity index (χ1n) is 6.95. The Bertz CT molecular complexity index is 750. The van der Waals surface area contributed by atoms with Crippen LogP contribution in [0.4, 0.5) is 4.39 Å². The van der Waals surface area contributed by atoms with Crippen LogP contribution in [0.25, 0.3) is 11.3 Å². The molecule has 114 valence electrons. The van der Waals surface area contributed by atoms with Crippen molar-refractivity contribution in [2.24, 2.45) is 0 Å². The van der Waals surface area contributed by atoms with Crippen molar-refractivity contribution in [3.05, 3.63) is 69.3 Å². The smallest absolute Gasteiger partial charge is 0.134 e. The van der Waals surface area contributed by atoms with E-state index in [2.05, 4.69) is 12.2 Å². The van der Waals surface area contributed by atoms with Gasteiger partial charge in [0.05, 0.1) is 10.9 Å². The van der Waals surface area contributed by atoms with E-state index in [1.54, 1.807) is 23.5 Å². The minimum atomic E-state index is -0.249. The summed E-state index contributed by atoms with van der Waals surface area (Å²) in [7, 11) is 0. The van der Waals surface area contributed by atoms with Crippen LogP contribution >= 0.6 is 22.9 Å². The zero-order valence-electron chi connectivity index (χ0n) is 12.0. The molecule has 0 fully saturated rings. The van der Waals surface area contributed by atoms with E-state index in [0.717, 1.165) is 21.4 Å².